The maximum absolute atomic E-state index is 12.4. The lowest BCUT2D eigenvalue weighted by molar-refractivity contribution is 0.0888. The highest BCUT2D eigenvalue weighted by Gasteiger charge is 2.43. The molecule has 1 aromatic carbocycles. The molecule has 0 aliphatic carbocycles. The second kappa shape index (κ2) is 3.23. The Morgan fingerprint density at radius 1 is 1.17 bits per heavy atom. The lowest BCUT2D eigenvalue weighted by atomic mass is 9.98. The van der Waals surface area contributed by atoms with Gasteiger partial charge in [0, 0.05) is 18.2 Å². The van der Waals surface area contributed by atoms with Crippen LogP contribution in [0.5, 0.6) is 0 Å². The molecule has 0 radical (unpaired) electrons. The van der Waals surface area contributed by atoms with Gasteiger partial charge in [0.2, 0.25) is 0 Å². The Kier molecular flexibility index (Phi) is 1.78. The summed E-state index contributed by atoms with van der Waals surface area (Å²) in [5.41, 5.74) is 2.55. The molecule has 18 heavy (non-hydrogen) atoms. The third kappa shape index (κ3) is 1.06. The van der Waals surface area contributed by atoms with Crippen LogP contribution >= 0.6 is 0 Å². The van der Waals surface area contributed by atoms with E-state index >= 15 is 0 Å². The van der Waals surface area contributed by atoms with Gasteiger partial charge in [-0.25, -0.2) is 5.01 Å². The van der Waals surface area contributed by atoms with Crippen molar-refractivity contribution in [1.29, 1.82) is 0 Å². The molecule has 0 spiro atoms. The number of benzene rings is 1. The molecule has 3 heterocycles. The number of carbonyl (C=O) groups is 1. The van der Waals surface area contributed by atoms with Gasteiger partial charge >= 0.3 is 0 Å². The molecule has 2 aromatic rings. The first-order chi connectivity index (χ1) is 8.77. The van der Waals surface area contributed by atoms with E-state index in [0.29, 0.717) is 6.42 Å². The number of carbonyl (C=O) groups excluding carboxylic acids is 1. The zero-order valence-electron chi connectivity index (χ0n) is 9.65. The molecule has 1 amide bonds. The quantitative estimate of drug-likeness (QED) is 0.762. The lowest BCUT2D eigenvalue weighted by Crippen LogP contribution is -2.43. The summed E-state index contributed by atoms with van der Waals surface area (Å²) in [4.78, 5) is 12.4. The number of aromatic nitrogens is 1. The molecule has 0 bridgehead atoms. The predicted molar refractivity (Wildman–Crippen MR) is 65.7 cm³/mol. The van der Waals surface area contributed by atoms with Gasteiger partial charge in [0.15, 0.2) is 0 Å². The molecule has 0 fully saturated rings. The fourth-order valence-corrected chi connectivity index (χ4v) is 3.03. The normalized spacial score (nSPS) is 24.7. The average Bonchev–Trinajstić information content (AvgIpc) is 2.95. The summed E-state index contributed by atoms with van der Waals surface area (Å²) < 4.78 is 1.78. The van der Waals surface area contributed by atoms with Crippen LogP contribution in [-0.2, 0) is 0 Å². The molecule has 0 saturated carbocycles. The van der Waals surface area contributed by atoms with Crippen LogP contribution in [0.4, 0.5) is 0 Å². The van der Waals surface area contributed by atoms with Crippen molar-refractivity contribution < 1.29 is 9.90 Å². The smallest absolute Gasteiger partial charge is 0.273 e. The largest absolute Gasteiger partial charge is 0.387 e. The van der Waals surface area contributed by atoms with Gasteiger partial charge < -0.3 is 5.11 Å². The molecule has 1 N–H and O–H groups in total. The molecule has 1 aromatic heterocycles. The second-order valence-corrected chi connectivity index (χ2v) is 4.78. The van der Waals surface area contributed by atoms with E-state index in [1.165, 1.54) is 0 Å². The monoisotopic (exact) mass is 240 g/mol. The number of aliphatic hydroxyl groups is 1. The first kappa shape index (κ1) is 9.91. The van der Waals surface area contributed by atoms with Gasteiger partial charge in [-0.1, -0.05) is 18.2 Å². The van der Waals surface area contributed by atoms with Crippen LogP contribution in [0, 0.1) is 0 Å². The summed E-state index contributed by atoms with van der Waals surface area (Å²) >= 11 is 0. The minimum Gasteiger partial charge on any atom is -0.387 e. The Morgan fingerprint density at radius 3 is 2.89 bits per heavy atom. The highest BCUT2D eigenvalue weighted by molar-refractivity contribution is 6.06. The number of fused-ring (bicyclic) bond motifs is 5. The van der Waals surface area contributed by atoms with E-state index in [-0.39, 0.29) is 11.9 Å². The van der Waals surface area contributed by atoms with Crippen LogP contribution in [0.3, 0.4) is 0 Å². The molecule has 0 saturated heterocycles. The van der Waals surface area contributed by atoms with Crippen molar-refractivity contribution in [2.45, 2.75) is 18.6 Å². The van der Waals surface area contributed by atoms with Crippen molar-refractivity contribution in [3.05, 3.63) is 59.4 Å². The van der Waals surface area contributed by atoms with E-state index in [0.717, 1.165) is 16.8 Å². The van der Waals surface area contributed by atoms with Gasteiger partial charge in [0.1, 0.15) is 0 Å². The van der Waals surface area contributed by atoms with Crippen molar-refractivity contribution in [1.82, 2.24) is 4.68 Å². The van der Waals surface area contributed by atoms with Crippen molar-refractivity contribution in [2.75, 3.05) is 5.01 Å². The lowest BCUT2D eigenvalue weighted by Gasteiger charge is -2.35. The zero-order chi connectivity index (χ0) is 12.3. The number of nitrogens with zero attached hydrogens (tertiary/aromatic N) is 2. The van der Waals surface area contributed by atoms with Crippen molar-refractivity contribution >= 4 is 5.91 Å². The number of hydrogen-bond donors (Lipinski definition) is 1. The fourth-order valence-electron chi connectivity index (χ4n) is 3.03. The Bertz CT molecular complexity index is 647. The standard InChI is InChI=1S/C14H12N2O2/c17-13-8-12-9-4-1-2-5-10(9)14(18)16(12)15-7-3-6-11(13)15/h1-7,12-13,17H,8H2/t12-,13?/m0/s1. The van der Waals surface area contributed by atoms with E-state index in [1.807, 2.05) is 42.6 Å². The van der Waals surface area contributed by atoms with Gasteiger partial charge in [-0.15, -0.1) is 0 Å². The number of aliphatic hydroxyl groups excluding tert-OH is 1. The van der Waals surface area contributed by atoms with Gasteiger partial charge in [0.05, 0.1) is 17.8 Å². The van der Waals surface area contributed by atoms with Crippen LogP contribution in [-0.4, -0.2) is 15.7 Å². The summed E-state index contributed by atoms with van der Waals surface area (Å²) in [5, 5.41) is 11.9. The Labute approximate surface area is 104 Å². The number of amides is 1. The molecule has 2 aliphatic heterocycles. The van der Waals surface area contributed by atoms with Crippen LogP contribution < -0.4 is 5.01 Å². The molecule has 1 unspecified atom stereocenters. The van der Waals surface area contributed by atoms with Gasteiger partial charge in [0.25, 0.3) is 5.91 Å². The molecular formula is C14H12N2O2. The van der Waals surface area contributed by atoms with Gasteiger partial charge in [-0.05, 0) is 23.8 Å². The van der Waals surface area contributed by atoms with Crippen LogP contribution in [0.1, 0.15) is 40.2 Å². The summed E-state index contributed by atoms with van der Waals surface area (Å²) in [7, 11) is 0. The minimum atomic E-state index is -0.514. The number of rotatable bonds is 0. The second-order valence-electron chi connectivity index (χ2n) is 4.78. The van der Waals surface area contributed by atoms with Crippen LogP contribution in [0.2, 0.25) is 0 Å². The highest BCUT2D eigenvalue weighted by Crippen LogP contribution is 2.42. The Morgan fingerprint density at radius 2 is 2.00 bits per heavy atom. The van der Waals surface area contributed by atoms with Gasteiger partial charge in [-0.2, -0.15) is 0 Å². The third-order valence-electron chi connectivity index (χ3n) is 3.83. The summed E-state index contributed by atoms with van der Waals surface area (Å²) in [6, 6.07) is 11.3. The van der Waals surface area contributed by atoms with Crippen molar-refractivity contribution in [3.63, 3.8) is 0 Å². The first-order valence-corrected chi connectivity index (χ1v) is 6.05. The van der Waals surface area contributed by atoms with E-state index < -0.39 is 6.10 Å². The van der Waals surface area contributed by atoms with E-state index in [1.54, 1.807) is 9.69 Å². The number of hydrogen-bond acceptors (Lipinski definition) is 2. The van der Waals surface area contributed by atoms with Gasteiger partial charge in [-0.3, -0.25) is 9.47 Å². The Hall–Kier alpha value is -2.07. The topological polar surface area (TPSA) is 45.5 Å². The minimum absolute atomic E-state index is 0.0138. The summed E-state index contributed by atoms with van der Waals surface area (Å²) in [6.07, 6.45) is 1.88. The molecule has 4 nitrogen and oxygen atoms in total. The van der Waals surface area contributed by atoms with Crippen LogP contribution in [0.25, 0.3) is 0 Å². The van der Waals surface area contributed by atoms with E-state index in [4.69, 9.17) is 0 Å². The Balaban J connectivity index is 1.95. The van der Waals surface area contributed by atoms with E-state index in [9.17, 15) is 9.90 Å². The third-order valence-corrected chi connectivity index (χ3v) is 3.83. The maximum atomic E-state index is 12.4. The molecule has 2 atom stereocenters. The SMILES string of the molecule is O=C1c2ccccc2[C@@H]2CC(O)c3cccn3N12. The average molecular weight is 240 g/mol. The van der Waals surface area contributed by atoms with Crippen LogP contribution in [0.15, 0.2) is 42.6 Å². The highest BCUT2D eigenvalue weighted by atomic mass is 16.3. The van der Waals surface area contributed by atoms with Crippen molar-refractivity contribution in [3.8, 4) is 0 Å². The summed E-state index contributed by atoms with van der Waals surface area (Å²) in [5.74, 6) is 0.0138. The summed E-state index contributed by atoms with van der Waals surface area (Å²) in [6.45, 7) is 0. The molecule has 4 rings (SSSR count). The van der Waals surface area contributed by atoms with Crippen molar-refractivity contribution in [2.24, 2.45) is 0 Å². The zero-order valence-corrected chi connectivity index (χ0v) is 9.65. The molecule has 90 valence electrons. The fraction of sp³-hybridized carbons (Fsp3) is 0.214. The molecular weight excluding hydrogens is 228 g/mol. The van der Waals surface area contributed by atoms with E-state index in [2.05, 4.69) is 0 Å². The maximum Gasteiger partial charge on any atom is 0.273 e. The first-order valence-electron chi connectivity index (χ1n) is 6.05. The molecule has 4 heteroatoms. The predicted octanol–water partition coefficient (Wildman–Crippen LogP) is 1.76. The molecule has 2 aliphatic rings.